The van der Waals surface area contributed by atoms with Gasteiger partial charge in [0, 0.05) is 4.47 Å². The molecule has 5 heteroatoms. The van der Waals surface area contributed by atoms with Crippen LogP contribution in [0.5, 0.6) is 0 Å². The van der Waals surface area contributed by atoms with Crippen molar-refractivity contribution in [3.8, 4) is 11.1 Å². The van der Waals surface area contributed by atoms with E-state index in [1.165, 1.54) is 7.11 Å². The van der Waals surface area contributed by atoms with Crippen molar-refractivity contribution in [1.29, 1.82) is 0 Å². The van der Waals surface area contributed by atoms with Crippen molar-refractivity contribution in [1.82, 2.24) is 0 Å². The summed E-state index contributed by atoms with van der Waals surface area (Å²) in [6.07, 6.45) is 0. The zero-order chi connectivity index (χ0) is 14.9. The molecule has 0 fully saturated rings. The van der Waals surface area contributed by atoms with E-state index in [0.29, 0.717) is 22.3 Å². The van der Waals surface area contributed by atoms with Gasteiger partial charge in [-0.05, 0) is 37.1 Å². The highest BCUT2D eigenvalue weighted by molar-refractivity contribution is 9.10. The summed E-state index contributed by atoms with van der Waals surface area (Å²) in [5, 5.41) is 0. The van der Waals surface area contributed by atoms with Gasteiger partial charge in [0.1, 0.15) is 11.3 Å². The van der Waals surface area contributed by atoms with Gasteiger partial charge in [-0.15, -0.1) is 0 Å². The predicted octanol–water partition coefficient (Wildman–Crippen LogP) is 3.47. The Balaban J connectivity index is 2.74. The van der Waals surface area contributed by atoms with Gasteiger partial charge in [0.15, 0.2) is 0 Å². The Hall–Kier alpha value is -1.88. The first-order chi connectivity index (χ1) is 9.45. The van der Waals surface area contributed by atoms with Gasteiger partial charge >= 0.3 is 11.6 Å². The maximum absolute atomic E-state index is 12.1. The molecule has 2 aromatic rings. The molecule has 104 valence electrons. The van der Waals surface area contributed by atoms with Crippen LogP contribution < -0.4 is 5.63 Å². The number of methoxy groups -OCH3 is 1. The van der Waals surface area contributed by atoms with Crippen LogP contribution in [0.15, 0.2) is 37.9 Å². The molecular formula is C15H13BrO4. The first kappa shape index (κ1) is 14.5. The van der Waals surface area contributed by atoms with Crippen molar-refractivity contribution in [2.45, 2.75) is 13.8 Å². The van der Waals surface area contributed by atoms with Crippen molar-refractivity contribution in [3.05, 3.63) is 56.0 Å². The highest BCUT2D eigenvalue weighted by Crippen LogP contribution is 2.26. The number of halogens is 1. The molecule has 0 aliphatic heterocycles. The Morgan fingerprint density at radius 1 is 1.20 bits per heavy atom. The molecule has 1 aromatic heterocycles. The number of hydrogen-bond acceptors (Lipinski definition) is 4. The van der Waals surface area contributed by atoms with E-state index < -0.39 is 11.6 Å². The second-order valence-corrected chi connectivity index (χ2v) is 5.23. The second kappa shape index (κ2) is 5.63. The van der Waals surface area contributed by atoms with Gasteiger partial charge in [0.25, 0.3) is 0 Å². The van der Waals surface area contributed by atoms with Crippen molar-refractivity contribution in [2.24, 2.45) is 0 Å². The fourth-order valence-corrected chi connectivity index (χ4v) is 2.40. The third-order valence-corrected chi connectivity index (χ3v) is 3.60. The monoisotopic (exact) mass is 336 g/mol. The maximum atomic E-state index is 12.1. The molecule has 0 radical (unpaired) electrons. The number of hydrogen-bond donors (Lipinski definition) is 0. The summed E-state index contributed by atoms with van der Waals surface area (Å²) >= 11 is 3.34. The average molecular weight is 337 g/mol. The van der Waals surface area contributed by atoms with Gasteiger partial charge in [-0.1, -0.05) is 28.1 Å². The fraction of sp³-hybridized carbons (Fsp3) is 0.200. The number of carbonyl (C=O) groups is 1. The number of benzene rings is 1. The first-order valence-electron chi connectivity index (χ1n) is 5.94. The Bertz CT molecular complexity index is 714. The molecule has 0 bridgehead atoms. The molecule has 2 rings (SSSR count). The van der Waals surface area contributed by atoms with E-state index >= 15 is 0 Å². The molecule has 0 N–H and O–H groups in total. The molecule has 20 heavy (non-hydrogen) atoms. The quantitative estimate of drug-likeness (QED) is 0.788. The standard InChI is InChI=1S/C15H13BrO4/c1-8-12(14(17)19-3)9(2)20-15(18)13(8)10-4-6-11(16)7-5-10/h4-7H,1-3H3. The van der Waals surface area contributed by atoms with Gasteiger partial charge in [-0.25, -0.2) is 9.59 Å². The summed E-state index contributed by atoms with van der Waals surface area (Å²) in [6, 6.07) is 7.23. The lowest BCUT2D eigenvalue weighted by Gasteiger charge is -2.11. The molecule has 0 aliphatic rings. The van der Waals surface area contributed by atoms with Gasteiger partial charge in [-0.3, -0.25) is 0 Å². The summed E-state index contributed by atoms with van der Waals surface area (Å²) in [6.45, 7) is 3.29. The van der Waals surface area contributed by atoms with E-state index in [1.807, 2.05) is 12.1 Å². The van der Waals surface area contributed by atoms with Crippen LogP contribution in [0.2, 0.25) is 0 Å². The number of rotatable bonds is 2. The van der Waals surface area contributed by atoms with Crippen LogP contribution in [-0.4, -0.2) is 13.1 Å². The Kier molecular flexibility index (Phi) is 4.09. The van der Waals surface area contributed by atoms with E-state index in [4.69, 9.17) is 9.15 Å². The topological polar surface area (TPSA) is 56.5 Å². The Labute approximate surface area is 124 Å². The van der Waals surface area contributed by atoms with Gasteiger partial charge in [0.2, 0.25) is 0 Å². The third kappa shape index (κ3) is 2.54. The van der Waals surface area contributed by atoms with Crippen molar-refractivity contribution < 1.29 is 13.9 Å². The Morgan fingerprint density at radius 2 is 1.80 bits per heavy atom. The van der Waals surface area contributed by atoms with Gasteiger partial charge in [0.05, 0.1) is 12.7 Å². The molecule has 0 aliphatic carbocycles. The van der Waals surface area contributed by atoms with E-state index in [1.54, 1.807) is 26.0 Å². The summed E-state index contributed by atoms with van der Waals surface area (Å²) in [7, 11) is 1.30. The van der Waals surface area contributed by atoms with E-state index in [9.17, 15) is 9.59 Å². The molecule has 0 saturated heterocycles. The average Bonchev–Trinajstić information content (AvgIpc) is 2.40. The lowest BCUT2D eigenvalue weighted by atomic mass is 9.98. The Morgan fingerprint density at radius 3 is 2.35 bits per heavy atom. The van der Waals surface area contributed by atoms with Crippen molar-refractivity contribution in [2.75, 3.05) is 7.11 Å². The minimum atomic E-state index is -0.512. The third-order valence-electron chi connectivity index (χ3n) is 3.07. The van der Waals surface area contributed by atoms with Crippen LogP contribution in [0, 0.1) is 13.8 Å². The second-order valence-electron chi connectivity index (χ2n) is 4.32. The molecule has 0 saturated carbocycles. The maximum Gasteiger partial charge on any atom is 0.344 e. The SMILES string of the molecule is COC(=O)c1c(C)oc(=O)c(-c2ccc(Br)cc2)c1C. The lowest BCUT2D eigenvalue weighted by Crippen LogP contribution is -2.14. The van der Waals surface area contributed by atoms with Gasteiger partial charge in [-0.2, -0.15) is 0 Å². The van der Waals surface area contributed by atoms with Crippen LogP contribution in [0.1, 0.15) is 21.7 Å². The van der Waals surface area contributed by atoms with Crippen LogP contribution >= 0.6 is 15.9 Å². The van der Waals surface area contributed by atoms with Crippen LogP contribution in [-0.2, 0) is 4.74 Å². The van der Waals surface area contributed by atoms with E-state index in [0.717, 1.165) is 4.47 Å². The first-order valence-corrected chi connectivity index (χ1v) is 6.73. The van der Waals surface area contributed by atoms with Crippen molar-refractivity contribution in [3.63, 3.8) is 0 Å². The number of esters is 1. The smallest absolute Gasteiger partial charge is 0.344 e. The number of aryl methyl sites for hydroxylation is 1. The molecule has 0 unspecified atom stereocenters. The molecular weight excluding hydrogens is 324 g/mol. The summed E-state index contributed by atoms with van der Waals surface area (Å²) in [5.74, 6) is -0.248. The van der Waals surface area contributed by atoms with Crippen LogP contribution in [0.4, 0.5) is 0 Å². The molecule has 1 aromatic carbocycles. The molecule has 0 amide bonds. The minimum absolute atomic E-state index is 0.264. The summed E-state index contributed by atoms with van der Waals surface area (Å²) in [5.41, 5.74) is 1.47. The highest BCUT2D eigenvalue weighted by Gasteiger charge is 2.21. The molecule has 1 heterocycles. The van der Waals surface area contributed by atoms with Crippen LogP contribution in [0.25, 0.3) is 11.1 Å². The zero-order valence-electron chi connectivity index (χ0n) is 11.3. The molecule has 0 spiro atoms. The molecule has 4 nitrogen and oxygen atoms in total. The van der Waals surface area contributed by atoms with Crippen molar-refractivity contribution >= 4 is 21.9 Å². The van der Waals surface area contributed by atoms with E-state index in [-0.39, 0.29) is 5.76 Å². The fourth-order valence-electron chi connectivity index (χ4n) is 2.13. The van der Waals surface area contributed by atoms with E-state index in [2.05, 4.69) is 15.9 Å². The van der Waals surface area contributed by atoms with Crippen LogP contribution in [0.3, 0.4) is 0 Å². The normalized spacial score (nSPS) is 10.4. The van der Waals surface area contributed by atoms with Gasteiger partial charge < -0.3 is 9.15 Å². The lowest BCUT2D eigenvalue weighted by molar-refractivity contribution is 0.0595. The number of carbonyl (C=O) groups excluding carboxylic acids is 1. The minimum Gasteiger partial charge on any atom is -0.465 e. The zero-order valence-corrected chi connectivity index (χ0v) is 12.9. The largest absolute Gasteiger partial charge is 0.465 e. The predicted molar refractivity (Wildman–Crippen MR) is 78.9 cm³/mol. The molecule has 0 atom stereocenters. The summed E-state index contributed by atoms with van der Waals surface area (Å²) in [4.78, 5) is 23.9. The highest BCUT2D eigenvalue weighted by atomic mass is 79.9. The number of ether oxygens (including phenoxy) is 1. The summed E-state index contributed by atoms with van der Waals surface area (Å²) < 4.78 is 10.8.